The Kier molecular flexibility index (Phi) is 67.7. The van der Waals surface area contributed by atoms with Crippen LogP contribution in [0.4, 0.5) is 0 Å². The predicted molar refractivity (Wildman–Crippen MR) is 362 cm³/mol. The van der Waals surface area contributed by atoms with Crippen LogP contribution < -0.4 is 0 Å². The number of allylic oxidation sites excluding steroid dienone is 16. The summed E-state index contributed by atoms with van der Waals surface area (Å²) in [5, 5.41) is 0. The third kappa shape index (κ3) is 69.0. The van der Waals surface area contributed by atoms with Crippen molar-refractivity contribution in [2.75, 3.05) is 13.2 Å². The minimum absolute atomic E-state index is 0.0946. The van der Waals surface area contributed by atoms with Crippen molar-refractivity contribution in [1.29, 1.82) is 0 Å². The van der Waals surface area contributed by atoms with Gasteiger partial charge in [0.05, 0.1) is 0 Å². The lowest BCUT2D eigenvalue weighted by atomic mass is 10.0. The second-order valence-corrected chi connectivity index (χ2v) is 23.8. The van der Waals surface area contributed by atoms with E-state index in [1.165, 1.54) is 218 Å². The first-order valence-corrected chi connectivity index (χ1v) is 35.7. The fourth-order valence-corrected chi connectivity index (χ4v) is 10.2. The third-order valence-electron chi connectivity index (χ3n) is 15.5. The number of ether oxygens (including phenoxy) is 3. The zero-order chi connectivity index (χ0) is 59.9. The number of esters is 3. The molecule has 1 atom stereocenters. The molecule has 6 heteroatoms. The third-order valence-corrected chi connectivity index (χ3v) is 15.5. The number of unbranched alkanes of at least 4 members (excludes halogenated alkanes) is 38. The van der Waals surface area contributed by atoms with Gasteiger partial charge in [0, 0.05) is 19.3 Å². The SMILES string of the molecule is CC/C=C\C/C=C\C/C=C\C/C=C\C/C=C\C/C=C\CCCCC(=O)OC(COC(=O)CCCCCCCCC/C=C\CCCCCCCC)COC(=O)CCCCCCCCCCCCCCCCC/C=C\CCCCCCCCCC. The Morgan fingerprint density at radius 2 is 0.470 bits per heavy atom. The number of hydrogen-bond acceptors (Lipinski definition) is 6. The first-order valence-electron chi connectivity index (χ1n) is 35.7. The molecule has 478 valence electrons. The highest BCUT2D eigenvalue weighted by Crippen LogP contribution is 2.17. The number of carbonyl (C=O) groups excluding carboxylic acids is 3. The van der Waals surface area contributed by atoms with E-state index in [1.807, 2.05) is 0 Å². The summed E-state index contributed by atoms with van der Waals surface area (Å²) < 4.78 is 17.0. The molecule has 0 saturated carbocycles. The molecule has 0 bridgehead atoms. The van der Waals surface area contributed by atoms with Crippen LogP contribution in [-0.4, -0.2) is 37.2 Å². The van der Waals surface area contributed by atoms with Gasteiger partial charge in [0.2, 0.25) is 0 Å². The zero-order valence-electron chi connectivity index (χ0n) is 54.9. The molecule has 0 aliphatic rings. The highest BCUT2D eigenvalue weighted by Gasteiger charge is 2.19. The molecule has 1 unspecified atom stereocenters. The van der Waals surface area contributed by atoms with Crippen LogP contribution in [0.25, 0.3) is 0 Å². The maximum Gasteiger partial charge on any atom is 0.306 e. The lowest BCUT2D eigenvalue weighted by molar-refractivity contribution is -0.167. The van der Waals surface area contributed by atoms with Gasteiger partial charge in [-0.3, -0.25) is 14.4 Å². The van der Waals surface area contributed by atoms with Crippen LogP contribution in [0.15, 0.2) is 97.2 Å². The van der Waals surface area contributed by atoms with E-state index in [1.54, 1.807) is 0 Å². The smallest absolute Gasteiger partial charge is 0.306 e. The maximum absolute atomic E-state index is 12.9. The monoisotopic (exact) mass is 1160 g/mol. The molecule has 0 amide bonds. The van der Waals surface area contributed by atoms with Crippen LogP contribution in [0.1, 0.15) is 355 Å². The molecule has 83 heavy (non-hydrogen) atoms. The molecule has 0 radical (unpaired) electrons. The van der Waals surface area contributed by atoms with Gasteiger partial charge in [-0.15, -0.1) is 0 Å². The molecule has 0 aliphatic carbocycles. The van der Waals surface area contributed by atoms with E-state index >= 15 is 0 Å². The molecule has 0 N–H and O–H groups in total. The first-order chi connectivity index (χ1) is 41.0. The van der Waals surface area contributed by atoms with Gasteiger partial charge in [-0.1, -0.05) is 311 Å². The topological polar surface area (TPSA) is 78.9 Å². The van der Waals surface area contributed by atoms with Gasteiger partial charge in [0.15, 0.2) is 6.10 Å². The standard InChI is InChI=1S/C77H134O6/c1-4-7-10-13-16-19-22-25-28-31-33-35-36-37-38-39-40-42-43-46-49-52-55-58-61-64-67-70-76(79)82-73-74(72-81-75(78)69-66-63-60-57-54-51-48-45-30-27-24-21-18-15-12-9-6-3)83-77(80)71-68-65-62-59-56-53-50-47-44-41-34-32-29-26-23-20-17-14-11-8-5-2/h8,11,17,20,26-27,29-31,33-34,41,47,50,56,59,74H,4-7,9-10,12-16,18-19,21-25,28,32,35-40,42-46,48-49,51-55,57-58,60-73H2,1-3H3/b11-8-,20-17-,29-26-,30-27-,33-31-,41-34-,50-47-,59-56-. The van der Waals surface area contributed by atoms with Crippen LogP contribution in [0.3, 0.4) is 0 Å². The van der Waals surface area contributed by atoms with E-state index in [0.29, 0.717) is 19.3 Å². The van der Waals surface area contributed by atoms with Crippen molar-refractivity contribution in [1.82, 2.24) is 0 Å². The Balaban J connectivity index is 4.38. The van der Waals surface area contributed by atoms with E-state index in [4.69, 9.17) is 14.2 Å². The summed E-state index contributed by atoms with van der Waals surface area (Å²) in [4.78, 5) is 38.5. The molecule has 0 fully saturated rings. The van der Waals surface area contributed by atoms with Gasteiger partial charge in [0.25, 0.3) is 0 Å². The van der Waals surface area contributed by atoms with Gasteiger partial charge in [-0.25, -0.2) is 0 Å². The molecule has 0 aromatic heterocycles. The molecule has 6 nitrogen and oxygen atoms in total. The molecular weight excluding hydrogens is 1020 g/mol. The second kappa shape index (κ2) is 70.8. The zero-order valence-corrected chi connectivity index (χ0v) is 54.9. The van der Waals surface area contributed by atoms with Gasteiger partial charge >= 0.3 is 17.9 Å². The molecule has 0 spiro atoms. The quantitative estimate of drug-likeness (QED) is 0.0261. The Hall–Kier alpha value is -3.67. The highest BCUT2D eigenvalue weighted by atomic mass is 16.6. The molecule has 0 aromatic carbocycles. The van der Waals surface area contributed by atoms with Crippen molar-refractivity contribution in [3.8, 4) is 0 Å². The Morgan fingerprint density at radius 3 is 0.771 bits per heavy atom. The van der Waals surface area contributed by atoms with E-state index in [9.17, 15) is 14.4 Å². The van der Waals surface area contributed by atoms with Crippen LogP contribution in [-0.2, 0) is 28.6 Å². The number of rotatable bonds is 65. The van der Waals surface area contributed by atoms with Crippen molar-refractivity contribution in [3.63, 3.8) is 0 Å². The van der Waals surface area contributed by atoms with Crippen molar-refractivity contribution >= 4 is 17.9 Å². The van der Waals surface area contributed by atoms with E-state index < -0.39 is 6.10 Å². The summed E-state index contributed by atoms with van der Waals surface area (Å²) in [6.07, 6.45) is 95.8. The Morgan fingerprint density at radius 1 is 0.253 bits per heavy atom. The van der Waals surface area contributed by atoms with Crippen LogP contribution >= 0.6 is 0 Å². The predicted octanol–water partition coefficient (Wildman–Crippen LogP) is 24.8. The van der Waals surface area contributed by atoms with E-state index in [-0.39, 0.29) is 37.5 Å². The van der Waals surface area contributed by atoms with Gasteiger partial charge < -0.3 is 14.2 Å². The first kappa shape index (κ1) is 79.3. The summed E-state index contributed by atoms with van der Waals surface area (Å²) in [5.74, 6) is -0.927. The average molecular weight is 1160 g/mol. The molecular formula is C77H134O6. The maximum atomic E-state index is 12.9. The number of hydrogen-bond donors (Lipinski definition) is 0. The highest BCUT2D eigenvalue weighted by molar-refractivity contribution is 5.71. The average Bonchev–Trinajstić information content (AvgIpc) is 3.50. The number of carbonyl (C=O) groups is 3. The fraction of sp³-hybridized carbons (Fsp3) is 0.753. The van der Waals surface area contributed by atoms with E-state index in [0.717, 1.165) is 89.9 Å². The van der Waals surface area contributed by atoms with Crippen LogP contribution in [0, 0.1) is 0 Å². The summed E-state index contributed by atoms with van der Waals surface area (Å²) >= 11 is 0. The summed E-state index contributed by atoms with van der Waals surface area (Å²) in [6.45, 7) is 6.53. The largest absolute Gasteiger partial charge is 0.462 e. The van der Waals surface area contributed by atoms with E-state index in [2.05, 4.69) is 118 Å². The van der Waals surface area contributed by atoms with Crippen LogP contribution in [0.5, 0.6) is 0 Å². The molecule has 0 aliphatic heterocycles. The van der Waals surface area contributed by atoms with Crippen LogP contribution in [0.2, 0.25) is 0 Å². The molecule has 0 saturated heterocycles. The van der Waals surface area contributed by atoms with Crippen molar-refractivity contribution < 1.29 is 28.6 Å². The fourth-order valence-electron chi connectivity index (χ4n) is 10.2. The minimum Gasteiger partial charge on any atom is -0.462 e. The van der Waals surface area contributed by atoms with Crippen molar-refractivity contribution in [3.05, 3.63) is 97.2 Å². The van der Waals surface area contributed by atoms with Gasteiger partial charge in [-0.2, -0.15) is 0 Å². The minimum atomic E-state index is -0.805. The molecule has 0 aromatic rings. The van der Waals surface area contributed by atoms with Gasteiger partial charge in [0.1, 0.15) is 13.2 Å². The Labute approximate surface area is 515 Å². The lowest BCUT2D eigenvalue weighted by Gasteiger charge is -2.18. The normalized spacial score (nSPS) is 12.7. The summed E-state index contributed by atoms with van der Waals surface area (Å²) in [6, 6.07) is 0. The lowest BCUT2D eigenvalue weighted by Crippen LogP contribution is -2.30. The van der Waals surface area contributed by atoms with Crippen molar-refractivity contribution in [2.24, 2.45) is 0 Å². The Bertz CT molecular complexity index is 1610. The van der Waals surface area contributed by atoms with Crippen molar-refractivity contribution in [2.45, 2.75) is 361 Å². The molecule has 0 rings (SSSR count). The second-order valence-electron chi connectivity index (χ2n) is 23.8. The van der Waals surface area contributed by atoms with Gasteiger partial charge in [-0.05, 0) is 122 Å². The summed E-state index contributed by atoms with van der Waals surface area (Å²) in [5.41, 5.74) is 0. The summed E-state index contributed by atoms with van der Waals surface area (Å²) in [7, 11) is 0. The molecule has 0 heterocycles.